The highest BCUT2D eigenvalue weighted by Gasteiger charge is 2.14. The predicted octanol–water partition coefficient (Wildman–Crippen LogP) is 1.73. The van der Waals surface area contributed by atoms with Gasteiger partial charge in [-0.1, -0.05) is 0 Å². The molecule has 0 spiro atoms. The first kappa shape index (κ1) is 11.9. The van der Waals surface area contributed by atoms with E-state index in [2.05, 4.69) is 4.98 Å². The number of rotatable bonds is 4. The molecule has 92 valence electrons. The van der Waals surface area contributed by atoms with Crippen LogP contribution in [0.1, 0.15) is 29.6 Å². The van der Waals surface area contributed by atoms with Crippen molar-refractivity contribution in [2.75, 3.05) is 13.2 Å². The molecule has 0 amide bonds. The topological polar surface area (TPSA) is 68.7 Å². The predicted molar refractivity (Wildman–Crippen MR) is 60.3 cm³/mol. The highest BCUT2D eigenvalue weighted by molar-refractivity contribution is 5.87. The standard InChI is InChI=1S/C12H15NO4/c14-12(15)9-5-11(7-13-6-9)17-8-10-3-1-2-4-16-10/h5-7,10H,1-4,8H2,(H,14,15). The van der Waals surface area contributed by atoms with Gasteiger partial charge in [-0.3, -0.25) is 4.98 Å². The van der Waals surface area contributed by atoms with E-state index < -0.39 is 5.97 Å². The molecule has 1 aromatic heterocycles. The quantitative estimate of drug-likeness (QED) is 0.863. The average Bonchev–Trinajstić information content (AvgIpc) is 2.38. The van der Waals surface area contributed by atoms with E-state index in [9.17, 15) is 4.79 Å². The number of carboxylic acid groups (broad SMARTS) is 1. The molecule has 17 heavy (non-hydrogen) atoms. The molecule has 1 aliphatic rings. The molecular formula is C12H15NO4. The number of hydrogen-bond acceptors (Lipinski definition) is 4. The van der Waals surface area contributed by atoms with Gasteiger partial charge in [0.15, 0.2) is 0 Å². The Morgan fingerprint density at radius 1 is 1.53 bits per heavy atom. The molecule has 0 aromatic carbocycles. The molecule has 0 radical (unpaired) electrons. The Balaban J connectivity index is 1.89. The lowest BCUT2D eigenvalue weighted by atomic mass is 10.1. The van der Waals surface area contributed by atoms with E-state index >= 15 is 0 Å². The van der Waals surface area contributed by atoms with Gasteiger partial charge in [-0.2, -0.15) is 0 Å². The summed E-state index contributed by atoms with van der Waals surface area (Å²) >= 11 is 0. The fourth-order valence-electron chi connectivity index (χ4n) is 1.74. The molecular weight excluding hydrogens is 222 g/mol. The minimum Gasteiger partial charge on any atom is -0.489 e. The number of carbonyl (C=O) groups is 1. The lowest BCUT2D eigenvalue weighted by molar-refractivity contribution is -0.0111. The maximum absolute atomic E-state index is 10.7. The van der Waals surface area contributed by atoms with E-state index in [-0.39, 0.29) is 11.7 Å². The Kier molecular flexibility index (Phi) is 3.93. The van der Waals surface area contributed by atoms with Gasteiger partial charge in [0.05, 0.1) is 17.9 Å². The molecule has 5 heteroatoms. The van der Waals surface area contributed by atoms with Crippen molar-refractivity contribution in [3.05, 3.63) is 24.0 Å². The zero-order chi connectivity index (χ0) is 12.1. The molecule has 1 unspecified atom stereocenters. The fourth-order valence-corrected chi connectivity index (χ4v) is 1.74. The highest BCUT2D eigenvalue weighted by Crippen LogP contribution is 2.16. The molecule has 0 bridgehead atoms. The number of nitrogens with zero attached hydrogens (tertiary/aromatic N) is 1. The van der Waals surface area contributed by atoms with E-state index in [1.165, 1.54) is 18.5 Å². The summed E-state index contributed by atoms with van der Waals surface area (Å²) < 4.78 is 11.0. The molecule has 1 N–H and O–H groups in total. The maximum atomic E-state index is 10.7. The third-order valence-electron chi connectivity index (χ3n) is 2.67. The summed E-state index contributed by atoms with van der Waals surface area (Å²) in [5.41, 5.74) is 0.132. The van der Waals surface area contributed by atoms with Crippen molar-refractivity contribution >= 4 is 5.97 Å². The van der Waals surface area contributed by atoms with Crippen LogP contribution < -0.4 is 4.74 Å². The molecule has 2 heterocycles. The van der Waals surface area contributed by atoms with Gasteiger partial charge >= 0.3 is 5.97 Å². The second-order valence-electron chi connectivity index (χ2n) is 4.01. The van der Waals surface area contributed by atoms with Crippen molar-refractivity contribution in [3.63, 3.8) is 0 Å². The summed E-state index contributed by atoms with van der Waals surface area (Å²) in [6.45, 7) is 1.23. The molecule has 0 saturated carbocycles. The normalized spacial score (nSPS) is 19.9. The van der Waals surface area contributed by atoms with Crippen molar-refractivity contribution < 1.29 is 19.4 Å². The summed E-state index contributed by atoms with van der Waals surface area (Å²) in [5, 5.41) is 8.81. The molecule has 1 aliphatic heterocycles. The molecule has 1 atom stereocenters. The van der Waals surface area contributed by atoms with Crippen molar-refractivity contribution in [1.29, 1.82) is 0 Å². The average molecular weight is 237 g/mol. The monoisotopic (exact) mass is 237 g/mol. The van der Waals surface area contributed by atoms with E-state index in [0.717, 1.165) is 25.9 Å². The van der Waals surface area contributed by atoms with Crippen LogP contribution in [0.25, 0.3) is 0 Å². The van der Waals surface area contributed by atoms with Crippen LogP contribution >= 0.6 is 0 Å². The third-order valence-corrected chi connectivity index (χ3v) is 2.67. The van der Waals surface area contributed by atoms with E-state index in [4.69, 9.17) is 14.6 Å². The number of aromatic carboxylic acids is 1. The summed E-state index contributed by atoms with van der Waals surface area (Å²) in [5.74, 6) is -0.532. The van der Waals surface area contributed by atoms with Gasteiger partial charge in [-0.05, 0) is 25.3 Å². The van der Waals surface area contributed by atoms with Gasteiger partial charge in [-0.15, -0.1) is 0 Å². The second kappa shape index (κ2) is 5.63. The zero-order valence-electron chi connectivity index (χ0n) is 9.46. The van der Waals surface area contributed by atoms with Gasteiger partial charge in [0, 0.05) is 12.8 Å². The summed E-state index contributed by atoms with van der Waals surface area (Å²) in [7, 11) is 0. The molecule has 1 aromatic rings. The van der Waals surface area contributed by atoms with Gasteiger partial charge in [0.25, 0.3) is 0 Å². The van der Waals surface area contributed by atoms with Gasteiger partial charge in [0.2, 0.25) is 0 Å². The van der Waals surface area contributed by atoms with E-state index in [1.54, 1.807) is 0 Å². The Bertz CT molecular complexity index is 388. The summed E-state index contributed by atoms with van der Waals surface area (Å²) in [6.07, 6.45) is 6.17. The van der Waals surface area contributed by atoms with Gasteiger partial charge in [0.1, 0.15) is 12.4 Å². The molecule has 2 rings (SSSR count). The van der Waals surface area contributed by atoms with Crippen LogP contribution in [0.4, 0.5) is 0 Å². The van der Waals surface area contributed by atoms with Crippen LogP contribution in [-0.4, -0.2) is 35.4 Å². The molecule has 1 fully saturated rings. The Labute approximate surface area is 99.4 Å². The van der Waals surface area contributed by atoms with Crippen LogP contribution in [0.3, 0.4) is 0 Å². The maximum Gasteiger partial charge on any atom is 0.337 e. The summed E-state index contributed by atoms with van der Waals surface area (Å²) in [4.78, 5) is 14.6. The van der Waals surface area contributed by atoms with Gasteiger partial charge < -0.3 is 14.6 Å². The Morgan fingerprint density at radius 2 is 2.41 bits per heavy atom. The van der Waals surface area contributed by atoms with Crippen molar-refractivity contribution in [2.24, 2.45) is 0 Å². The number of hydrogen-bond donors (Lipinski definition) is 1. The first-order valence-corrected chi connectivity index (χ1v) is 5.68. The van der Waals surface area contributed by atoms with Crippen LogP contribution in [0.15, 0.2) is 18.5 Å². The SMILES string of the molecule is O=C(O)c1cncc(OCC2CCCCO2)c1. The lowest BCUT2D eigenvalue weighted by Gasteiger charge is -2.22. The Hall–Kier alpha value is -1.62. The largest absolute Gasteiger partial charge is 0.489 e. The number of pyridine rings is 1. The van der Waals surface area contributed by atoms with E-state index in [0.29, 0.717) is 12.4 Å². The lowest BCUT2D eigenvalue weighted by Crippen LogP contribution is -2.25. The number of carboxylic acids is 1. The molecule has 0 aliphatic carbocycles. The third kappa shape index (κ3) is 3.42. The van der Waals surface area contributed by atoms with Crippen molar-refractivity contribution in [1.82, 2.24) is 4.98 Å². The van der Waals surface area contributed by atoms with E-state index in [1.807, 2.05) is 0 Å². The van der Waals surface area contributed by atoms with Crippen molar-refractivity contribution in [3.8, 4) is 5.75 Å². The fraction of sp³-hybridized carbons (Fsp3) is 0.500. The minimum absolute atomic E-state index is 0.109. The second-order valence-corrected chi connectivity index (χ2v) is 4.01. The van der Waals surface area contributed by atoms with Crippen molar-refractivity contribution in [2.45, 2.75) is 25.4 Å². The highest BCUT2D eigenvalue weighted by atomic mass is 16.5. The minimum atomic E-state index is -1.00. The first-order valence-electron chi connectivity index (χ1n) is 5.68. The smallest absolute Gasteiger partial charge is 0.337 e. The summed E-state index contributed by atoms with van der Waals surface area (Å²) in [6, 6.07) is 1.47. The molecule has 5 nitrogen and oxygen atoms in total. The first-order chi connectivity index (χ1) is 8.25. The zero-order valence-corrected chi connectivity index (χ0v) is 9.46. The number of aromatic nitrogens is 1. The Morgan fingerprint density at radius 3 is 3.12 bits per heavy atom. The van der Waals surface area contributed by atoms with Crippen LogP contribution in [0.5, 0.6) is 5.75 Å². The molecule has 1 saturated heterocycles. The van der Waals surface area contributed by atoms with Crippen LogP contribution in [0.2, 0.25) is 0 Å². The number of ether oxygens (including phenoxy) is 2. The van der Waals surface area contributed by atoms with Gasteiger partial charge in [-0.25, -0.2) is 4.79 Å². The van der Waals surface area contributed by atoms with Crippen LogP contribution in [-0.2, 0) is 4.74 Å². The van der Waals surface area contributed by atoms with Crippen LogP contribution in [0, 0.1) is 0 Å².